The Bertz CT molecular complexity index is 1340. The number of rotatable bonds is 9. The van der Waals surface area contributed by atoms with Gasteiger partial charge in [-0.3, -0.25) is 9.78 Å². The number of benzene rings is 2. The van der Waals surface area contributed by atoms with Crippen LogP contribution in [0.15, 0.2) is 48.5 Å². The molecule has 0 spiro atoms. The number of anilines is 1. The van der Waals surface area contributed by atoms with Crippen molar-refractivity contribution in [2.24, 2.45) is 5.41 Å². The van der Waals surface area contributed by atoms with E-state index in [0.29, 0.717) is 23.8 Å². The van der Waals surface area contributed by atoms with Gasteiger partial charge < -0.3 is 19.5 Å². The fourth-order valence-electron chi connectivity index (χ4n) is 4.98. The molecule has 1 fully saturated rings. The Hall–Kier alpha value is -2.97. The molecule has 0 atom stereocenters. The number of methoxy groups -OCH3 is 1. The Balaban J connectivity index is 0.000000934. The summed E-state index contributed by atoms with van der Waals surface area (Å²) >= 11 is 3.60. The smallest absolute Gasteiger partial charge is 0.310 e. The average molecular weight is 658 g/mol. The molecule has 1 saturated heterocycles. The van der Waals surface area contributed by atoms with Gasteiger partial charge in [0.25, 0.3) is 0 Å². The van der Waals surface area contributed by atoms with E-state index in [0.717, 1.165) is 71.0 Å². The predicted octanol–water partition coefficient (Wildman–Crippen LogP) is 7.83. The van der Waals surface area contributed by atoms with Crippen LogP contribution >= 0.6 is 15.9 Å². The zero-order chi connectivity index (χ0) is 31.8. The molecule has 0 amide bonds. The van der Waals surface area contributed by atoms with Crippen LogP contribution in [0.2, 0.25) is 0 Å². The van der Waals surface area contributed by atoms with Gasteiger partial charge in [0.05, 0.1) is 37.1 Å². The van der Waals surface area contributed by atoms with Gasteiger partial charge in [-0.2, -0.15) is 0 Å². The number of halogens is 2. The molecule has 43 heavy (non-hydrogen) atoms. The molecule has 0 bridgehead atoms. The van der Waals surface area contributed by atoms with Crippen molar-refractivity contribution in [2.45, 2.75) is 78.2 Å². The summed E-state index contributed by atoms with van der Waals surface area (Å²) in [7, 11) is 1.43. The molecule has 6 nitrogen and oxygen atoms in total. The summed E-state index contributed by atoms with van der Waals surface area (Å²) in [6.45, 7) is 14.2. The second-order valence-electron chi connectivity index (χ2n) is 12.8. The Labute approximate surface area is 264 Å². The molecule has 0 unspecified atom stereocenters. The Morgan fingerprint density at radius 1 is 1.07 bits per heavy atom. The highest BCUT2D eigenvalue weighted by Gasteiger charge is 2.30. The maximum Gasteiger partial charge on any atom is 0.310 e. The average Bonchev–Trinajstić information content (AvgIpc) is 2.94. The number of aryl methyl sites for hydroxylation is 1. The predicted molar refractivity (Wildman–Crippen MR) is 176 cm³/mol. The van der Waals surface area contributed by atoms with E-state index in [2.05, 4.69) is 46.8 Å². The minimum absolute atomic E-state index is 0.178. The SMILES string of the molecule is CC(C)(C)O.COC(=O)Cc1c(CBr)nc(C)c(-c2ccc(OCCc3ccc(F)cc3)cc2)c1N1CCC(C)(C)CC1. The highest BCUT2D eigenvalue weighted by atomic mass is 79.9. The quantitative estimate of drug-likeness (QED) is 0.187. The van der Waals surface area contributed by atoms with Crippen molar-refractivity contribution in [3.05, 3.63) is 76.9 Å². The van der Waals surface area contributed by atoms with Crippen LogP contribution in [0.25, 0.3) is 11.1 Å². The molecular weight excluding hydrogens is 611 g/mol. The molecule has 3 aromatic rings. The molecular formula is C35H46BrFN2O4. The first-order chi connectivity index (χ1) is 20.2. The number of pyridine rings is 1. The number of hydrogen-bond donors (Lipinski definition) is 1. The van der Waals surface area contributed by atoms with E-state index in [9.17, 15) is 9.18 Å². The Morgan fingerprint density at radius 2 is 1.65 bits per heavy atom. The highest BCUT2D eigenvalue weighted by Crippen LogP contribution is 2.42. The van der Waals surface area contributed by atoms with Gasteiger partial charge in [-0.05, 0) is 81.3 Å². The van der Waals surface area contributed by atoms with Gasteiger partial charge in [0, 0.05) is 41.7 Å². The molecule has 2 aromatic carbocycles. The summed E-state index contributed by atoms with van der Waals surface area (Å²) in [6.07, 6.45) is 3.04. The van der Waals surface area contributed by atoms with Crippen molar-refractivity contribution < 1.29 is 23.8 Å². The van der Waals surface area contributed by atoms with Gasteiger partial charge in [-0.25, -0.2) is 4.39 Å². The van der Waals surface area contributed by atoms with Crippen LogP contribution in [0, 0.1) is 18.2 Å². The van der Waals surface area contributed by atoms with Crippen LogP contribution in [-0.4, -0.2) is 48.5 Å². The second kappa shape index (κ2) is 15.2. The standard InChI is InChI=1S/C31H36BrFN2O3.C4H10O/c1-21-29(23-7-11-25(12-8-23)38-18-13-22-5-9-24(33)10-6-22)30(35-16-14-31(2,3)15-17-35)26(19-28(36)37-4)27(20-32)34-21;1-4(2,3)5/h5-12H,13-20H2,1-4H3;5H,1-3H3. The zero-order valence-electron chi connectivity index (χ0n) is 26.6. The second-order valence-corrected chi connectivity index (χ2v) is 13.4. The molecule has 2 heterocycles. The zero-order valence-corrected chi connectivity index (χ0v) is 28.2. The third-order valence-corrected chi connectivity index (χ3v) is 7.89. The van der Waals surface area contributed by atoms with Crippen LogP contribution in [0.4, 0.5) is 10.1 Å². The Morgan fingerprint density at radius 3 is 2.19 bits per heavy atom. The van der Waals surface area contributed by atoms with Gasteiger partial charge in [0.15, 0.2) is 0 Å². The minimum atomic E-state index is -0.500. The molecule has 0 aliphatic carbocycles. The van der Waals surface area contributed by atoms with Crippen LogP contribution in [-0.2, 0) is 27.7 Å². The van der Waals surface area contributed by atoms with Crippen molar-refractivity contribution in [2.75, 3.05) is 31.7 Å². The lowest BCUT2D eigenvalue weighted by atomic mass is 9.82. The number of ether oxygens (including phenoxy) is 2. The number of esters is 1. The van der Waals surface area contributed by atoms with E-state index in [4.69, 9.17) is 19.6 Å². The molecule has 1 aliphatic heterocycles. The van der Waals surface area contributed by atoms with E-state index in [1.807, 2.05) is 19.1 Å². The third kappa shape index (κ3) is 10.6. The lowest BCUT2D eigenvalue weighted by molar-refractivity contribution is -0.139. The van der Waals surface area contributed by atoms with E-state index in [1.54, 1.807) is 32.9 Å². The molecule has 4 rings (SSSR count). The van der Waals surface area contributed by atoms with E-state index in [1.165, 1.54) is 19.2 Å². The number of piperidine rings is 1. The first kappa shape index (κ1) is 34.5. The number of aromatic nitrogens is 1. The summed E-state index contributed by atoms with van der Waals surface area (Å²) in [4.78, 5) is 19.8. The van der Waals surface area contributed by atoms with Gasteiger partial charge in [-0.1, -0.05) is 54.0 Å². The van der Waals surface area contributed by atoms with Crippen LogP contribution < -0.4 is 9.64 Å². The largest absolute Gasteiger partial charge is 0.493 e. The number of hydrogen-bond acceptors (Lipinski definition) is 6. The van der Waals surface area contributed by atoms with Crippen molar-refractivity contribution >= 4 is 27.6 Å². The maximum absolute atomic E-state index is 13.1. The molecule has 0 radical (unpaired) electrons. The summed E-state index contributed by atoms with van der Waals surface area (Å²) in [5, 5.41) is 9.08. The Kier molecular flexibility index (Phi) is 12.2. The van der Waals surface area contributed by atoms with Gasteiger partial charge in [0.1, 0.15) is 11.6 Å². The summed E-state index contributed by atoms with van der Waals surface area (Å²) < 4.78 is 24.2. The fraction of sp³-hybridized carbons (Fsp3) is 0.486. The van der Waals surface area contributed by atoms with Gasteiger partial charge >= 0.3 is 5.97 Å². The van der Waals surface area contributed by atoms with Crippen LogP contribution in [0.1, 0.15) is 70.0 Å². The molecule has 234 valence electrons. The monoisotopic (exact) mass is 656 g/mol. The molecule has 1 N–H and O–H groups in total. The summed E-state index contributed by atoms with van der Waals surface area (Å²) in [5.74, 6) is 0.267. The molecule has 0 saturated carbocycles. The van der Waals surface area contributed by atoms with Gasteiger partial charge in [0.2, 0.25) is 0 Å². The molecule has 8 heteroatoms. The first-order valence-electron chi connectivity index (χ1n) is 14.8. The fourth-order valence-corrected chi connectivity index (χ4v) is 5.45. The maximum atomic E-state index is 13.1. The normalized spacial score (nSPS) is 14.5. The third-order valence-electron chi connectivity index (χ3n) is 7.36. The number of nitrogens with zero attached hydrogens (tertiary/aromatic N) is 2. The number of aliphatic hydroxyl groups is 1. The molecule has 1 aliphatic rings. The minimum Gasteiger partial charge on any atom is -0.493 e. The van der Waals surface area contributed by atoms with E-state index < -0.39 is 5.60 Å². The van der Waals surface area contributed by atoms with E-state index in [-0.39, 0.29) is 18.2 Å². The number of carbonyl (C=O) groups is 1. The van der Waals surface area contributed by atoms with Crippen LogP contribution in [0.3, 0.4) is 0 Å². The van der Waals surface area contributed by atoms with Crippen LogP contribution in [0.5, 0.6) is 5.75 Å². The topological polar surface area (TPSA) is 71.9 Å². The number of carbonyl (C=O) groups excluding carboxylic acids is 1. The van der Waals surface area contributed by atoms with Crippen molar-refractivity contribution in [3.8, 4) is 16.9 Å². The van der Waals surface area contributed by atoms with E-state index >= 15 is 0 Å². The summed E-state index contributed by atoms with van der Waals surface area (Å²) in [5.41, 5.74) is 6.72. The number of alkyl halides is 1. The lowest BCUT2D eigenvalue weighted by Crippen LogP contribution is -2.38. The van der Waals surface area contributed by atoms with Crippen molar-refractivity contribution in [1.29, 1.82) is 0 Å². The van der Waals surface area contributed by atoms with Gasteiger partial charge in [-0.15, -0.1) is 0 Å². The van der Waals surface area contributed by atoms with Crippen molar-refractivity contribution in [1.82, 2.24) is 4.98 Å². The first-order valence-corrected chi connectivity index (χ1v) is 15.9. The summed E-state index contributed by atoms with van der Waals surface area (Å²) in [6, 6.07) is 14.6. The molecule has 1 aromatic heterocycles. The van der Waals surface area contributed by atoms with Crippen molar-refractivity contribution in [3.63, 3.8) is 0 Å². The lowest BCUT2D eigenvalue weighted by Gasteiger charge is -2.40. The highest BCUT2D eigenvalue weighted by molar-refractivity contribution is 9.08.